The second-order valence-electron chi connectivity index (χ2n) is 4.29. The van der Waals surface area contributed by atoms with E-state index < -0.39 is 0 Å². The van der Waals surface area contributed by atoms with Crippen LogP contribution in [0.15, 0.2) is 48.5 Å². The lowest BCUT2D eigenvalue weighted by atomic mass is 10.1. The molecule has 0 spiro atoms. The summed E-state index contributed by atoms with van der Waals surface area (Å²) in [6.45, 7) is 0.821. The third kappa shape index (κ3) is 3.03. The molecule has 2 aromatic rings. The Hall–Kier alpha value is -1.51. The van der Waals surface area contributed by atoms with Gasteiger partial charge < -0.3 is 10.0 Å². The number of hydrogen-bond acceptors (Lipinski definition) is 2. The van der Waals surface area contributed by atoms with Crippen LogP contribution in [0.2, 0.25) is 5.02 Å². The van der Waals surface area contributed by atoms with Gasteiger partial charge in [0.15, 0.2) is 0 Å². The minimum Gasteiger partial charge on any atom is -0.392 e. The second-order valence-corrected chi connectivity index (χ2v) is 4.69. The first-order chi connectivity index (χ1) is 8.70. The van der Waals surface area contributed by atoms with E-state index in [0.717, 1.165) is 17.8 Å². The van der Waals surface area contributed by atoms with E-state index in [1.165, 1.54) is 5.56 Å². The molecule has 3 heteroatoms. The Balaban J connectivity index is 2.16. The lowest BCUT2D eigenvalue weighted by Gasteiger charge is -2.21. The molecule has 0 bridgehead atoms. The molecule has 0 fully saturated rings. The Morgan fingerprint density at radius 2 is 1.78 bits per heavy atom. The van der Waals surface area contributed by atoms with Gasteiger partial charge in [-0.1, -0.05) is 48.0 Å². The Labute approximate surface area is 112 Å². The molecule has 0 aliphatic carbocycles. The predicted octanol–water partition coefficient (Wildman–Crippen LogP) is 3.47. The maximum atomic E-state index is 9.05. The third-order valence-corrected chi connectivity index (χ3v) is 3.17. The average molecular weight is 262 g/mol. The first-order valence-corrected chi connectivity index (χ1v) is 6.23. The van der Waals surface area contributed by atoms with Gasteiger partial charge in [-0.3, -0.25) is 0 Å². The average Bonchev–Trinajstić information content (AvgIpc) is 2.39. The summed E-state index contributed by atoms with van der Waals surface area (Å²) >= 11 is 6.22. The van der Waals surface area contributed by atoms with E-state index in [0.29, 0.717) is 5.02 Å². The lowest BCUT2D eigenvalue weighted by molar-refractivity contribution is 0.282. The summed E-state index contributed by atoms with van der Waals surface area (Å²) in [6.07, 6.45) is 0. The van der Waals surface area contributed by atoms with E-state index in [2.05, 4.69) is 17.0 Å². The summed E-state index contributed by atoms with van der Waals surface area (Å²) < 4.78 is 0. The Kier molecular flexibility index (Phi) is 4.24. The van der Waals surface area contributed by atoms with Crippen LogP contribution < -0.4 is 4.90 Å². The fourth-order valence-electron chi connectivity index (χ4n) is 1.90. The summed E-state index contributed by atoms with van der Waals surface area (Å²) in [6, 6.07) is 15.9. The first kappa shape index (κ1) is 12.9. The molecule has 0 radical (unpaired) electrons. The van der Waals surface area contributed by atoms with Crippen LogP contribution in [0.5, 0.6) is 0 Å². The zero-order valence-electron chi connectivity index (χ0n) is 10.3. The third-order valence-electron chi connectivity index (χ3n) is 2.87. The molecule has 0 saturated heterocycles. The number of halogens is 1. The van der Waals surface area contributed by atoms with Gasteiger partial charge in [-0.2, -0.15) is 0 Å². The summed E-state index contributed by atoms with van der Waals surface area (Å²) in [4.78, 5) is 2.10. The van der Waals surface area contributed by atoms with Crippen LogP contribution >= 0.6 is 11.6 Å². The number of anilines is 1. The van der Waals surface area contributed by atoms with Crippen LogP contribution in [-0.4, -0.2) is 12.2 Å². The van der Waals surface area contributed by atoms with Crippen molar-refractivity contribution in [3.8, 4) is 0 Å². The highest BCUT2D eigenvalue weighted by molar-refractivity contribution is 6.33. The fourth-order valence-corrected chi connectivity index (χ4v) is 2.25. The van der Waals surface area contributed by atoms with E-state index in [-0.39, 0.29) is 6.61 Å². The van der Waals surface area contributed by atoms with Gasteiger partial charge in [0, 0.05) is 13.6 Å². The fraction of sp³-hybridized carbons (Fsp3) is 0.200. The maximum Gasteiger partial charge on any atom is 0.0682 e. The molecule has 0 aromatic heterocycles. The molecule has 2 nitrogen and oxygen atoms in total. The van der Waals surface area contributed by atoms with Gasteiger partial charge in [0.05, 0.1) is 17.3 Å². The zero-order chi connectivity index (χ0) is 13.0. The quantitative estimate of drug-likeness (QED) is 0.911. The minimum absolute atomic E-state index is 0.0163. The zero-order valence-corrected chi connectivity index (χ0v) is 11.1. The van der Waals surface area contributed by atoms with Gasteiger partial charge in [0.2, 0.25) is 0 Å². The van der Waals surface area contributed by atoms with Gasteiger partial charge >= 0.3 is 0 Å². The van der Waals surface area contributed by atoms with Crippen molar-refractivity contribution in [3.05, 3.63) is 64.7 Å². The van der Waals surface area contributed by atoms with Gasteiger partial charge in [-0.25, -0.2) is 0 Å². The highest BCUT2D eigenvalue weighted by Gasteiger charge is 2.07. The topological polar surface area (TPSA) is 23.5 Å². The molecule has 0 aliphatic rings. The number of aliphatic hydroxyl groups is 1. The highest BCUT2D eigenvalue weighted by Crippen LogP contribution is 2.27. The largest absolute Gasteiger partial charge is 0.392 e. The van der Waals surface area contributed by atoms with Crippen molar-refractivity contribution in [1.82, 2.24) is 0 Å². The minimum atomic E-state index is 0.0163. The normalized spacial score (nSPS) is 10.4. The maximum absolute atomic E-state index is 9.05. The molecule has 18 heavy (non-hydrogen) atoms. The summed E-state index contributed by atoms with van der Waals surface area (Å²) in [5, 5.41) is 9.72. The molecule has 0 saturated carbocycles. The van der Waals surface area contributed by atoms with Crippen LogP contribution in [0.4, 0.5) is 5.69 Å². The molecule has 0 heterocycles. The van der Waals surface area contributed by atoms with Crippen molar-refractivity contribution in [1.29, 1.82) is 0 Å². The molecule has 2 aromatic carbocycles. The molecule has 94 valence electrons. The predicted molar refractivity (Wildman–Crippen MR) is 75.9 cm³/mol. The van der Waals surface area contributed by atoms with Gasteiger partial charge in [-0.05, 0) is 23.3 Å². The molecule has 0 atom stereocenters. The van der Waals surface area contributed by atoms with Crippen molar-refractivity contribution < 1.29 is 5.11 Å². The number of aliphatic hydroxyl groups excluding tert-OH is 1. The van der Waals surface area contributed by atoms with E-state index in [1.54, 1.807) is 6.07 Å². The highest BCUT2D eigenvalue weighted by atomic mass is 35.5. The Morgan fingerprint density at radius 3 is 2.39 bits per heavy atom. The standard InChI is InChI=1S/C15H16ClNO/c1-17(10-12-5-3-2-4-6-12)15-8-7-13(11-18)9-14(15)16/h2-9,18H,10-11H2,1H3. The van der Waals surface area contributed by atoms with Crippen molar-refractivity contribution in [3.63, 3.8) is 0 Å². The van der Waals surface area contributed by atoms with Crippen LogP contribution in [0, 0.1) is 0 Å². The Bertz CT molecular complexity index is 513. The molecule has 2 rings (SSSR count). The van der Waals surface area contributed by atoms with E-state index in [4.69, 9.17) is 16.7 Å². The van der Waals surface area contributed by atoms with Gasteiger partial charge in [0.1, 0.15) is 0 Å². The second kappa shape index (κ2) is 5.89. The Morgan fingerprint density at radius 1 is 1.06 bits per heavy atom. The van der Waals surface area contributed by atoms with Gasteiger partial charge in [-0.15, -0.1) is 0 Å². The molecule has 0 aliphatic heterocycles. The van der Waals surface area contributed by atoms with Crippen molar-refractivity contribution in [2.24, 2.45) is 0 Å². The number of benzene rings is 2. The number of rotatable bonds is 4. The van der Waals surface area contributed by atoms with E-state index >= 15 is 0 Å². The summed E-state index contributed by atoms with van der Waals surface area (Å²) in [7, 11) is 2.01. The van der Waals surface area contributed by atoms with Gasteiger partial charge in [0.25, 0.3) is 0 Å². The molecular weight excluding hydrogens is 246 g/mol. The van der Waals surface area contributed by atoms with Crippen LogP contribution in [0.3, 0.4) is 0 Å². The van der Waals surface area contributed by atoms with Crippen LogP contribution in [0.25, 0.3) is 0 Å². The lowest BCUT2D eigenvalue weighted by Crippen LogP contribution is -2.16. The summed E-state index contributed by atoms with van der Waals surface area (Å²) in [5.41, 5.74) is 3.04. The van der Waals surface area contributed by atoms with E-state index in [9.17, 15) is 0 Å². The molecule has 0 amide bonds. The van der Waals surface area contributed by atoms with Crippen LogP contribution in [-0.2, 0) is 13.2 Å². The smallest absolute Gasteiger partial charge is 0.0682 e. The number of nitrogens with zero attached hydrogens (tertiary/aromatic N) is 1. The molecular formula is C15H16ClNO. The van der Waals surface area contributed by atoms with Crippen molar-refractivity contribution in [2.75, 3.05) is 11.9 Å². The van der Waals surface area contributed by atoms with E-state index in [1.807, 2.05) is 37.4 Å². The summed E-state index contributed by atoms with van der Waals surface area (Å²) in [5.74, 6) is 0. The number of hydrogen-bond donors (Lipinski definition) is 1. The first-order valence-electron chi connectivity index (χ1n) is 5.85. The monoisotopic (exact) mass is 261 g/mol. The van der Waals surface area contributed by atoms with Crippen molar-refractivity contribution in [2.45, 2.75) is 13.2 Å². The van der Waals surface area contributed by atoms with Crippen molar-refractivity contribution >= 4 is 17.3 Å². The SMILES string of the molecule is CN(Cc1ccccc1)c1ccc(CO)cc1Cl. The molecule has 0 unspecified atom stereocenters. The van der Waals surface area contributed by atoms with Crippen LogP contribution in [0.1, 0.15) is 11.1 Å². The molecule has 1 N–H and O–H groups in total.